The topological polar surface area (TPSA) is 114 Å². The molecule has 0 aromatic heterocycles. The van der Waals surface area contributed by atoms with Crippen molar-refractivity contribution in [3.63, 3.8) is 0 Å². The third-order valence-corrected chi connectivity index (χ3v) is 8.25. The molecule has 0 radical (unpaired) electrons. The Hall–Kier alpha value is -3.39. The number of fused-ring (bicyclic) bond motifs is 4. The molecule has 8 heteroatoms. The molecule has 2 amide bonds. The molecule has 2 unspecified atom stereocenters. The zero-order valence-electron chi connectivity index (χ0n) is 19.2. The number of carbonyl (C=O) groups excluding carboxylic acids is 2. The first-order valence-corrected chi connectivity index (χ1v) is 12.2. The minimum absolute atomic E-state index is 0.0394. The largest absolute Gasteiger partial charge is 0.481 e. The Balaban J connectivity index is 1.05. The normalized spacial score (nSPS) is 30.2. The van der Waals surface area contributed by atoms with E-state index in [1.807, 2.05) is 24.3 Å². The molecule has 8 nitrogen and oxygen atoms in total. The van der Waals surface area contributed by atoms with Crippen LogP contribution in [0.3, 0.4) is 0 Å². The molecule has 1 aliphatic heterocycles. The van der Waals surface area contributed by atoms with Crippen LogP contribution in [0.1, 0.15) is 36.3 Å². The number of amides is 2. The maximum Gasteiger partial charge on any atom is 0.407 e. The average Bonchev–Trinajstić information content (AvgIpc) is 3.17. The van der Waals surface area contributed by atoms with E-state index < -0.39 is 29.4 Å². The fourth-order valence-electron chi connectivity index (χ4n) is 6.32. The molecular weight excluding hydrogens is 448 g/mol. The van der Waals surface area contributed by atoms with Crippen LogP contribution in [-0.4, -0.2) is 55.0 Å². The number of ether oxygens (including phenoxy) is 2. The number of carboxylic acid groups (broad SMARTS) is 1. The number of nitrogens with one attached hydrogen (secondary N) is 2. The first kappa shape index (κ1) is 22.1. The molecule has 6 rings (SSSR count). The van der Waals surface area contributed by atoms with Crippen molar-refractivity contribution in [1.29, 1.82) is 0 Å². The van der Waals surface area contributed by atoms with Crippen LogP contribution < -0.4 is 10.6 Å². The van der Waals surface area contributed by atoms with E-state index >= 15 is 0 Å². The number of hydrogen-bond donors (Lipinski definition) is 3. The van der Waals surface area contributed by atoms with Crippen molar-refractivity contribution >= 4 is 18.0 Å². The summed E-state index contributed by atoms with van der Waals surface area (Å²) in [5.74, 6) is -1.40. The summed E-state index contributed by atoms with van der Waals surface area (Å²) in [6.07, 6.45) is 1.28. The van der Waals surface area contributed by atoms with Crippen molar-refractivity contribution in [2.24, 2.45) is 17.3 Å². The zero-order chi connectivity index (χ0) is 24.2. The molecule has 5 atom stereocenters. The summed E-state index contributed by atoms with van der Waals surface area (Å²) < 4.78 is 11.1. The Kier molecular flexibility index (Phi) is 5.29. The SMILES string of the molecule is O=C(NC1COCC1C(=O)N[C@@H]1C[C@H]2C[C@@]2(C(=O)O)C1)OCC1c2ccccc2-c2ccccc21. The van der Waals surface area contributed by atoms with Gasteiger partial charge in [0.05, 0.1) is 30.6 Å². The van der Waals surface area contributed by atoms with Crippen LogP contribution in [0.4, 0.5) is 4.79 Å². The van der Waals surface area contributed by atoms with Crippen LogP contribution in [0.25, 0.3) is 11.1 Å². The van der Waals surface area contributed by atoms with E-state index in [9.17, 15) is 19.5 Å². The summed E-state index contributed by atoms with van der Waals surface area (Å²) in [6.45, 7) is 0.639. The van der Waals surface area contributed by atoms with Gasteiger partial charge in [0.1, 0.15) is 6.61 Å². The van der Waals surface area contributed by atoms with Crippen LogP contribution in [0, 0.1) is 17.3 Å². The van der Waals surface area contributed by atoms with E-state index in [4.69, 9.17) is 9.47 Å². The van der Waals surface area contributed by atoms with Gasteiger partial charge in [0.15, 0.2) is 0 Å². The average molecular weight is 477 g/mol. The zero-order valence-corrected chi connectivity index (χ0v) is 19.2. The number of alkyl carbamates (subject to hydrolysis) is 1. The van der Waals surface area contributed by atoms with Gasteiger partial charge < -0.3 is 25.2 Å². The predicted molar refractivity (Wildman–Crippen MR) is 126 cm³/mol. The fourth-order valence-corrected chi connectivity index (χ4v) is 6.32. The van der Waals surface area contributed by atoms with Crippen molar-refractivity contribution in [2.45, 2.75) is 37.3 Å². The molecule has 2 saturated carbocycles. The predicted octanol–water partition coefficient (Wildman–Crippen LogP) is 2.91. The third-order valence-electron chi connectivity index (χ3n) is 8.25. The molecule has 182 valence electrons. The van der Waals surface area contributed by atoms with E-state index in [-0.39, 0.29) is 43.6 Å². The second kappa shape index (κ2) is 8.37. The molecule has 2 aromatic rings. The number of carboxylic acids is 1. The Morgan fingerprint density at radius 2 is 1.66 bits per heavy atom. The van der Waals surface area contributed by atoms with Crippen LogP contribution in [-0.2, 0) is 19.1 Å². The molecule has 1 heterocycles. The second-order valence-electron chi connectivity index (χ2n) is 10.2. The van der Waals surface area contributed by atoms with Gasteiger partial charge in [0, 0.05) is 12.0 Å². The highest BCUT2D eigenvalue weighted by Gasteiger charge is 2.65. The Morgan fingerprint density at radius 1 is 0.971 bits per heavy atom. The standard InChI is InChI=1S/C27H28N2O6/c30-24(28-16-9-15-10-27(15,11-16)25(31)32)22-12-34-14-23(22)29-26(33)35-13-21-19-7-3-1-5-17(19)18-6-2-4-8-20(18)21/h1-8,15-16,21-23H,9-14H2,(H,28,30)(H,29,33)(H,31,32)/t15-,16+,22?,23?,27+/m0/s1. The lowest BCUT2D eigenvalue weighted by Crippen LogP contribution is -2.48. The van der Waals surface area contributed by atoms with E-state index in [0.717, 1.165) is 22.3 Å². The van der Waals surface area contributed by atoms with E-state index in [1.54, 1.807) is 0 Å². The molecule has 0 spiro atoms. The molecular formula is C27H28N2O6. The monoisotopic (exact) mass is 476 g/mol. The van der Waals surface area contributed by atoms with Gasteiger partial charge in [-0.05, 0) is 47.4 Å². The first-order valence-electron chi connectivity index (χ1n) is 12.2. The van der Waals surface area contributed by atoms with Gasteiger partial charge in [-0.25, -0.2) is 4.79 Å². The summed E-state index contributed by atoms with van der Waals surface area (Å²) in [4.78, 5) is 37.1. The highest BCUT2D eigenvalue weighted by atomic mass is 16.5. The summed E-state index contributed by atoms with van der Waals surface area (Å²) >= 11 is 0. The summed E-state index contributed by atoms with van der Waals surface area (Å²) in [6, 6.07) is 15.6. The number of carbonyl (C=O) groups is 3. The third kappa shape index (κ3) is 3.76. The first-order chi connectivity index (χ1) is 17.0. The number of aliphatic carboxylic acids is 1. The molecule has 35 heavy (non-hydrogen) atoms. The lowest BCUT2D eigenvalue weighted by atomic mass is 9.98. The van der Waals surface area contributed by atoms with Gasteiger partial charge >= 0.3 is 12.1 Å². The molecule has 3 N–H and O–H groups in total. The maximum absolute atomic E-state index is 12.9. The van der Waals surface area contributed by atoms with Gasteiger partial charge in [-0.2, -0.15) is 0 Å². The molecule has 0 bridgehead atoms. The lowest BCUT2D eigenvalue weighted by molar-refractivity contribution is -0.144. The van der Waals surface area contributed by atoms with Crippen LogP contribution in [0.15, 0.2) is 48.5 Å². The number of rotatable bonds is 6. The van der Waals surface area contributed by atoms with Crippen molar-refractivity contribution in [3.8, 4) is 11.1 Å². The minimum Gasteiger partial charge on any atom is -0.481 e. The Labute approximate surface area is 203 Å². The Morgan fingerprint density at radius 3 is 2.31 bits per heavy atom. The highest BCUT2D eigenvalue weighted by Crippen LogP contribution is 2.63. The minimum atomic E-state index is -0.766. The number of hydrogen-bond acceptors (Lipinski definition) is 5. The van der Waals surface area contributed by atoms with Gasteiger partial charge in [-0.1, -0.05) is 48.5 Å². The van der Waals surface area contributed by atoms with Gasteiger partial charge in [-0.3, -0.25) is 9.59 Å². The maximum atomic E-state index is 12.9. The van der Waals surface area contributed by atoms with E-state index in [2.05, 4.69) is 34.9 Å². The summed E-state index contributed by atoms with van der Waals surface area (Å²) in [5.41, 5.74) is 3.94. The number of benzene rings is 2. The molecule has 1 saturated heterocycles. The fraction of sp³-hybridized carbons (Fsp3) is 0.444. The second-order valence-corrected chi connectivity index (χ2v) is 10.2. The van der Waals surface area contributed by atoms with Crippen LogP contribution in [0.2, 0.25) is 0 Å². The summed E-state index contributed by atoms with van der Waals surface area (Å²) in [7, 11) is 0. The molecule has 3 aliphatic carbocycles. The van der Waals surface area contributed by atoms with Gasteiger partial charge in [-0.15, -0.1) is 0 Å². The van der Waals surface area contributed by atoms with E-state index in [1.165, 1.54) is 0 Å². The quantitative estimate of drug-likeness (QED) is 0.591. The highest BCUT2D eigenvalue weighted by molar-refractivity contribution is 5.83. The Bertz CT molecular complexity index is 1150. The van der Waals surface area contributed by atoms with Crippen LogP contribution in [0.5, 0.6) is 0 Å². The molecule has 4 aliphatic rings. The molecule has 3 fully saturated rings. The van der Waals surface area contributed by atoms with Crippen molar-refractivity contribution < 1.29 is 29.0 Å². The van der Waals surface area contributed by atoms with E-state index in [0.29, 0.717) is 19.3 Å². The molecule has 2 aromatic carbocycles. The lowest BCUT2D eigenvalue weighted by Gasteiger charge is -2.22. The van der Waals surface area contributed by atoms with Crippen molar-refractivity contribution in [2.75, 3.05) is 19.8 Å². The van der Waals surface area contributed by atoms with Gasteiger partial charge in [0.2, 0.25) is 5.91 Å². The summed E-state index contributed by atoms with van der Waals surface area (Å²) in [5, 5.41) is 15.3. The van der Waals surface area contributed by atoms with Crippen molar-refractivity contribution in [1.82, 2.24) is 10.6 Å². The van der Waals surface area contributed by atoms with Crippen molar-refractivity contribution in [3.05, 3.63) is 59.7 Å². The van der Waals surface area contributed by atoms with Gasteiger partial charge in [0.25, 0.3) is 0 Å². The van der Waals surface area contributed by atoms with Crippen LogP contribution >= 0.6 is 0 Å². The smallest absolute Gasteiger partial charge is 0.407 e.